The van der Waals surface area contributed by atoms with Crippen LogP contribution in [-0.4, -0.2) is 36.0 Å². The monoisotopic (exact) mass is 262 g/mol. The van der Waals surface area contributed by atoms with Crippen molar-refractivity contribution in [2.45, 2.75) is 63.5 Å². The van der Waals surface area contributed by atoms with Crippen molar-refractivity contribution in [2.24, 2.45) is 17.8 Å². The molecule has 2 saturated carbocycles. The van der Waals surface area contributed by atoms with Crippen LogP contribution in [-0.2, 0) is 4.79 Å². The normalized spacial score (nSPS) is 45.4. The summed E-state index contributed by atoms with van der Waals surface area (Å²) < 4.78 is 0. The second-order valence-electron chi connectivity index (χ2n) is 7.28. The largest absolute Gasteiger partial charge is 0.351 e. The van der Waals surface area contributed by atoms with Crippen LogP contribution in [0.3, 0.4) is 0 Å². The van der Waals surface area contributed by atoms with Gasteiger partial charge in [-0.05, 0) is 56.9 Å². The lowest BCUT2D eigenvalue weighted by atomic mass is 9.87. The molecule has 5 atom stereocenters. The van der Waals surface area contributed by atoms with Gasteiger partial charge in [-0.1, -0.05) is 12.8 Å². The fraction of sp³-hybridized carbons (Fsp3) is 0.938. The summed E-state index contributed by atoms with van der Waals surface area (Å²) in [6.07, 6.45) is 10.4. The van der Waals surface area contributed by atoms with E-state index in [9.17, 15) is 4.79 Å². The Morgan fingerprint density at radius 2 is 1.95 bits per heavy atom. The van der Waals surface area contributed by atoms with Crippen LogP contribution in [0, 0.1) is 17.8 Å². The van der Waals surface area contributed by atoms with Crippen molar-refractivity contribution in [3.8, 4) is 0 Å². The zero-order valence-corrected chi connectivity index (χ0v) is 11.8. The topological polar surface area (TPSA) is 32.3 Å². The van der Waals surface area contributed by atoms with Gasteiger partial charge in [0.25, 0.3) is 0 Å². The van der Waals surface area contributed by atoms with E-state index in [1.54, 1.807) is 0 Å². The minimum atomic E-state index is 0.358. The molecule has 3 heteroatoms. The molecule has 4 aliphatic rings. The maximum absolute atomic E-state index is 12.5. The summed E-state index contributed by atoms with van der Waals surface area (Å²) in [6.45, 7) is 2.46. The Kier molecular flexibility index (Phi) is 3.06. The van der Waals surface area contributed by atoms with Crippen molar-refractivity contribution in [1.29, 1.82) is 0 Å². The number of piperidine rings is 1. The second kappa shape index (κ2) is 4.76. The van der Waals surface area contributed by atoms with E-state index in [1.807, 2.05) is 0 Å². The standard InChI is InChI=1S/C16H26N2O/c19-16(13-10-11-4-5-12(13)9-11)17-14-6-8-18-7-2-1-3-15(14)18/h11-15H,1-10H2,(H,17,19)/t11-,12-,13-,14+,15+/m0/s1. The predicted octanol–water partition coefficient (Wildman–Crippen LogP) is 2.17. The molecule has 4 fully saturated rings. The minimum Gasteiger partial charge on any atom is -0.351 e. The van der Waals surface area contributed by atoms with Crippen LogP contribution in [0.5, 0.6) is 0 Å². The number of amides is 1. The molecular formula is C16H26N2O. The van der Waals surface area contributed by atoms with Crippen molar-refractivity contribution < 1.29 is 4.79 Å². The van der Waals surface area contributed by atoms with E-state index in [-0.39, 0.29) is 0 Å². The van der Waals surface area contributed by atoms with Gasteiger partial charge in [0, 0.05) is 24.5 Å². The molecular weight excluding hydrogens is 236 g/mol. The SMILES string of the molecule is O=C(N[C@@H]1CCN2CCCC[C@H]12)[C@H]1C[C@H]2CC[C@H]1C2. The molecule has 106 valence electrons. The Bertz CT molecular complexity index is 370. The molecule has 0 unspecified atom stereocenters. The first-order valence-electron chi connectivity index (χ1n) is 8.35. The van der Waals surface area contributed by atoms with Crippen LogP contribution in [0.15, 0.2) is 0 Å². The Labute approximate surface area is 116 Å². The van der Waals surface area contributed by atoms with Crippen molar-refractivity contribution >= 4 is 5.91 Å². The van der Waals surface area contributed by atoms with Crippen LogP contribution in [0.4, 0.5) is 0 Å². The van der Waals surface area contributed by atoms with Gasteiger partial charge in [0.2, 0.25) is 5.91 Å². The zero-order valence-electron chi connectivity index (χ0n) is 11.8. The van der Waals surface area contributed by atoms with Crippen molar-refractivity contribution in [2.75, 3.05) is 13.1 Å². The van der Waals surface area contributed by atoms with Gasteiger partial charge in [-0.2, -0.15) is 0 Å². The molecule has 0 aromatic carbocycles. The van der Waals surface area contributed by atoms with Crippen molar-refractivity contribution in [1.82, 2.24) is 10.2 Å². The highest BCUT2D eigenvalue weighted by Gasteiger charge is 2.44. The number of rotatable bonds is 2. The molecule has 2 heterocycles. The number of nitrogens with zero attached hydrogens (tertiary/aromatic N) is 1. The van der Waals surface area contributed by atoms with E-state index in [0.717, 1.165) is 5.92 Å². The lowest BCUT2D eigenvalue weighted by Gasteiger charge is -2.33. The highest BCUT2D eigenvalue weighted by atomic mass is 16.2. The lowest BCUT2D eigenvalue weighted by Crippen LogP contribution is -2.48. The summed E-state index contributed by atoms with van der Waals surface area (Å²) in [4.78, 5) is 15.1. The molecule has 2 aliphatic carbocycles. The molecule has 0 aromatic heterocycles. The van der Waals surface area contributed by atoms with Gasteiger partial charge in [-0.15, -0.1) is 0 Å². The first-order chi connectivity index (χ1) is 9.31. The summed E-state index contributed by atoms with van der Waals surface area (Å²) >= 11 is 0. The summed E-state index contributed by atoms with van der Waals surface area (Å²) in [7, 11) is 0. The van der Waals surface area contributed by atoms with E-state index in [0.29, 0.717) is 29.8 Å². The number of hydrogen-bond acceptors (Lipinski definition) is 2. The fourth-order valence-electron chi connectivity index (χ4n) is 5.27. The quantitative estimate of drug-likeness (QED) is 0.827. The summed E-state index contributed by atoms with van der Waals surface area (Å²) in [5, 5.41) is 3.42. The number of nitrogens with one attached hydrogen (secondary N) is 1. The molecule has 1 amide bonds. The molecule has 0 radical (unpaired) electrons. The number of carbonyl (C=O) groups excluding carboxylic acids is 1. The third kappa shape index (κ3) is 2.10. The Hall–Kier alpha value is -0.570. The third-order valence-electron chi connectivity index (χ3n) is 6.26. The predicted molar refractivity (Wildman–Crippen MR) is 74.7 cm³/mol. The van der Waals surface area contributed by atoms with E-state index in [1.165, 1.54) is 64.5 Å². The maximum Gasteiger partial charge on any atom is 0.223 e. The molecule has 0 spiro atoms. The molecule has 2 aliphatic heterocycles. The number of carbonyl (C=O) groups is 1. The highest BCUT2D eigenvalue weighted by Crippen LogP contribution is 2.48. The van der Waals surface area contributed by atoms with Crippen LogP contribution >= 0.6 is 0 Å². The molecule has 3 nitrogen and oxygen atoms in total. The van der Waals surface area contributed by atoms with Crippen LogP contribution in [0.2, 0.25) is 0 Å². The minimum absolute atomic E-state index is 0.358. The van der Waals surface area contributed by atoms with Gasteiger partial charge in [0.15, 0.2) is 0 Å². The van der Waals surface area contributed by atoms with Crippen LogP contribution in [0.25, 0.3) is 0 Å². The first kappa shape index (κ1) is 12.2. The van der Waals surface area contributed by atoms with Gasteiger partial charge in [0.1, 0.15) is 0 Å². The van der Waals surface area contributed by atoms with Gasteiger partial charge < -0.3 is 5.32 Å². The summed E-state index contributed by atoms with van der Waals surface area (Å²) in [5.41, 5.74) is 0. The lowest BCUT2D eigenvalue weighted by molar-refractivity contribution is -0.127. The molecule has 4 rings (SSSR count). The average molecular weight is 262 g/mol. The van der Waals surface area contributed by atoms with E-state index in [4.69, 9.17) is 0 Å². The molecule has 19 heavy (non-hydrogen) atoms. The molecule has 2 saturated heterocycles. The Balaban J connectivity index is 1.37. The van der Waals surface area contributed by atoms with Gasteiger partial charge in [-0.3, -0.25) is 9.69 Å². The average Bonchev–Trinajstić information content (AvgIpc) is 3.14. The maximum atomic E-state index is 12.5. The van der Waals surface area contributed by atoms with Crippen molar-refractivity contribution in [3.63, 3.8) is 0 Å². The van der Waals surface area contributed by atoms with Gasteiger partial charge >= 0.3 is 0 Å². The first-order valence-corrected chi connectivity index (χ1v) is 8.35. The highest BCUT2D eigenvalue weighted by molar-refractivity contribution is 5.80. The second-order valence-corrected chi connectivity index (χ2v) is 7.28. The van der Waals surface area contributed by atoms with Crippen LogP contribution in [0.1, 0.15) is 51.4 Å². The number of hydrogen-bond donors (Lipinski definition) is 1. The smallest absolute Gasteiger partial charge is 0.223 e. The zero-order chi connectivity index (χ0) is 12.8. The van der Waals surface area contributed by atoms with Gasteiger partial charge in [-0.25, -0.2) is 0 Å². The number of fused-ring (bicyclic) bond motifs is 3. The molecule has 0 aromatic rings. The molecule has 1 N–H and O–H groups in total. The third-order valence-corrected chi connectivity index (χ3v) is 6.26. The van der Waals surface area contributed by atoms with E-state index < -0.39 is 0 Å². The van der Waals surface area contributed by atoms with Crippen molar-refractivity contribution in [3.05, 3.63) is 0 Å². The van der Waals surface area contributed by atoms with E-state index >= 15 is 0 Å². The fourth-order valence-corrected chi connectivity index (χ4v) is 5.27. The van der Waals surface area contributed by atoms with Gasteiger partial charge in [0.05, 0.1) is 0 Å². The van der Waals surface area contributed by atoms with E-state index in [2.05, 4.69) is 10.2 Å². The molecule has 2 bridgehead atoms. The Morgan fingerprint density at radius 3 is 2.74 bits per heavy atom. The van der Waals surface area contributed by atoms with Crippen LogP contribution < -0.4 is 5.32 Å². The summed E-state index contributed by atoms with van der Waals surface area (Å²) in [5.74, 6) is 2.34. The Morgan fingerprint density at radius 1 is 1.00 bits per heavy atom. The summed E-state index contributed by atoms with van der Waals surface area (Å²) in [6, 6.07) is 1.10.